The molecule has 1 fully saturated rings. The number of nitrogens with zero attached hydrogens (tertiary/aromatic N) is 1. The quantitative estimate of drug-likeness (QED) is 0.840. The van der Waals surface area contributed by atoms with Crippen LogP contribution >= 0.6 is 0 Å². The Morgan fingerprint density at radius 3 is 2.65 bits per heavy atom. The molecule has 0 unspecified atom stereocenters. The average Bonchev–Trinajstić information content (AvgIpc) is 2.48. The molecule has 6 nitrogen and oxygen atoms in total. The van der Waals surface area contributed by atoms with Crippen LogP contribution in [0.4, 0.5) is 4.79 Å². The van der Waals surface area contributed by atoms with Crippen molar-refractivity contribution in [1.29, 1.82) is 0 Å². The molecular formula is C14H19NO5. The summed E-state index contributed by atoms with van der Waals surface area (Å²) in [6.07, 6.45) is -1.83. The van der Waals surface area contributed by atoms with Crippen molar-refractivity contribution in [3.05, 3.63) is 35.9 Å². The minimum absolute atomic E-state index is 0.195. The molecule has 0 bridgehead atoms. The third-order valence-electron chi connectivity index (χ3n) is 3.12. The smallest absolute Gasteiger partial charge is 0.407 e. The lowest BCUT2D eigenvalue weighted by Gasteiger charge is -2.35. The minimum atomic E-state index is -1.00. The van der Waals surface area contributed by atoms with Crippen LogP contribution in [0.2, 0.25) is 0 Å². The molecule has 1 aliphatic rings. The molecule has 6 heteroatoms. The topological polar surface area (TPSA) is 79.2 Å². The van der Waals surface area contributed by atoms with Crippen molar-refractivity contribution in [2.75, 3.05) is 26.3 Å². The Hall–Kier alpha value is -1.63. The van der Waals surface area contributed by atoms with E-state index in [1.54, 1.807) is 0 Å². The van der Waals surface area contributed by atoms with Gasteiger partial charge < -0.3 is 24.6 Å². The van der Waals surface area contributed by atoms with Gasteiger partial charge in [0.05, 0.1) is 45.1 Å². The van der Waals surface area contributed by atoms with Crippen LogP contribution in [-0.4, -0.2) is 59.7 Å². The van der Waals surface area contributed by atoms with Crippen LogP contribution in [-0.2, 0) is 16.1 Å². The van der Waals surface area contributed by atoms with E-state index in [4.69, 9.17) is 19.7 Å². The predicted octanol–water partition coefficient (Wildman–Crippen LogP) is 0.943. The third-order valence-corrected chi connectivity index (χ3v) is 3.12. The van der Waals surface area contributed by atoms with Gasteiger partial charge in [0.15, 0.2) is 0 Å². The van der Waals surface area contributed by atoms with Gasteiger partial charge in [-0.1, -0.05) is 30.3 Å². The van der Waals surface area contributed by atoms with E-state index in [0.717, 1.165) is 5.56 Å². The molecule has 20 heavy (non-hydrogen) atoms. The molecule has 0 radical (unpaired) electrons. The maximum Gasteiger partial charge on any atom is 0.407 e. The van der Waals surface area contributed by atoms with Gasteiger partial charge in [-0.3, -0.25) is 0 Å². The second-order valence-electron chi connectivity index (χ2n) is 4.75. The number of aliphatic hydroxyl groups excluding tert-OH is 1. The van der Waals surface area contributed by atoms with Gasteiger partial charge in [-0.25, -0.2) is 4.79 Å². The summed E-state index contributed by atoms with van der Waals surface area (Å²) in [5.41, 5.74) is 1.05. The summed E-state index contributed by atoms with van der Waals surface area (Å²) < 4.78 is 11.1. The van der Waals surface area contributed by atoms with Gasteiger partial charge >= 0.3 is 6.09 Å². The molecule has 2 rings (SSSR count). The first-order chi connectivity index (χ1) is 9.69. The zero-order valence-corrected chi connectivity index (χ0v) is 11.1. The van der Waals surface area contributed by atoms with Gasteiger partial charge in [0.2, 0.25) is 0 Å². The lowest BCUT2D eigenvalue weighted by atomic mass is 10.2. The van der Waals surface area contributed by atoms with Crippen molar-refractivity contribution in [2.45, 2.75) is 18.8 Å². The van der Waals surface area contributed by atoms with Gasteiger partial charge in [-0.15, -0.1) is 0 Å². The Morgan fingerprint density at radius 1 is 1.30 bits per heavy atom. The Balaban J connectivity index is 1.80. The highest BCUT2D eigenvalue weighted by molar-refractivity contribution is 5.65. The van der Waals surface area contributed by atoms with Gasteiger partial charge in [0, 0.05) is 0 Å². The van der Waals surface area contributed by atoms with Gasteiger partial charge in [0.1, 0.15) is 0 Å². The third kappa shape index (κ3) is 4.19. The number of carbonyl (C=O) groups is 1. The van der Waals surface area contributed by atoms with E-state index in [1.807, 2.05) is 30.3 Å². The first-order valence-corrected chi connectivity index (χ1v) is 6.55. The second-order valence-corrected chi connectivity index (χ2v) is 4.75. The van der Waals surface area contributed by atoms with Crippen molar-refractivity contribution in [1.82, 2.24) is 4.90 Å². The molecular weight excluding hydrogens is 262 g/mol. The molecule has 1 saturated heterocycles. The summed E-state index contributed by atoms with van der Waals surface area (Å²) in [6, 6.07) is 9.72. The molecule has 110 valence electrons. The highest BCUT2D eigenvalue weighted by Gasteiger charge is 2.30. The maximum atomic E-state index is 11.0. The fourth-order valence-electron chi connectivity index (χ4n) is 2.16. The van der Waals surface area contributed by atoms with E-state index in [2.05, 4.69) is 0 Å². The van der Waals surface area contributed by atoms with Crippen LogP contribution in [0.3, 0.4) is 0 Å². The van der Waals surface area contributed by atoms with E-state index in [0.29, 0.717) is 13.2 Å². The normalized spacial score (nSPS) is 22.8. The summed E-state index contributed by atoms with van der Waals surface area (Å²) in [4.78, 5) is 12.3. The van der Waals surface area contributed by atoms with Gasteiger partial charge in [0.25, 0.3) is 0 Å². The molecule has 0 saturated carbocycles. The number of aliphatic hydroxyl groups is 1. The number of ether oxygens (including phenoxy) is 2. The molecule has 0 spiro atoms. The highest BCUT2D eigenvalue weighted by Crippen LogP contribution is 2.12. The minimum Gasteiger partial charge on any atom is -0.465 e. The van der Waals surface area contributed by atoms with Crippen LogP contribution in [0.1, 0.15) is 5.56 Å². The molecule has 2 atom stereocenters. The molecule has 1 amide bonds. The summed E-state index contributed by atoms with van der Waals surface area (Å²) >= 11 is 0. The Labute approximate surface area is 117 Å². The number of hydrogen-bond donors (Lipinski definition) is 2. The van der Waals surface area contributed by atoms with E-state index in [-0.39, 0.29) is 25.8 Å². The molecule has 2 N–H and O–H groups in total. The monoisotopic (exact) mass is 281 g/mol. The first-order valence-electron chi connectivity index (χ1n) is 6.55. The van der Waals surface area contributed by atoms with Crippen LogP contribution in [0.15, 0.2) is 30.3 Å². The summed E-state index contributed by atoms with van der Waals surface area (Å²) in [5, 5.41) is 18.1. The number of rotatable bonds is 5. The van der Waals surface area contributed by atoms with E-state index >= 15 is 0 Å². The van der Waals surface area contributed by atoms with Crippen molar-refractivity contribution in [2.24, 2.45) is 0 Å². The first kappa shape index (κ1) is 14.8. The Morgan fingerprint density at radius 2 is 2.00 bits per heavy atom. The molecule has 0 aliphatic carbocycles. The van der Waals surface area contributed by atoms with Gasteiger partial charge in [-0.05, 0) is 5.56 Å². The van der Waals surface area contributed by atoms with Crippen LogP contribution in [0.5, 0.6) is 0 Å². The van der Waals surface area contributed by atoms with Crippen LogP contribution in [0, 0.1) is 0 Å². The fourth-order valence-corrected chi connectivity index (χ4v) is 2.16. The van der Waals surface area contributed by atoms with Gasteiger partial charge in [-0.2, -0.15) is 0 Å². The van der Waals surface area contributed by atoms with Crippen molar-refractivity contribution >= 4 is 6.09 Å². The maximum absolute atomic E-state index is 11.0. The highest BCUT2D eigenvalue weighted by atomic mass is 16.5. The number of benzene rings is 1. The average molecular weight is 281 g/mol. The molecule has 1 aromatic rings. The number of hydrogen-bond acceptors (Lipinski definition) is 4. The predicted molar refractivity (Wildman–Crippen MR) is 71.4 cm³/mol. The van der Waals surface area contributed by atoms with Crippen LogP contribution in [0.25, 0.3) is 0 Å². The van der Waals surface area contributed by atoms with Crippen molar-refractivity contribution < 1.29 is 24.5 Å². The lowest BCUT2D eigenvalue weighted by molar-refractivity contribution is -0.121. The summed E-state index contributed by atoms with van der Waals surface area (Å²) in [5.74, 6) is 0. The van der Waals surface area contributed by atoms with E-state index in [9.17, 15) is 4.79 Å². The second kappa shape index (κ2) is 7.23. The van der Waals surface area contributed by atoms with Crippen molar-refractivity contribution in [3.63, 3.8) is 0 Å². The Kier molecular flexibility index (Phi) is 5.34. The summed E-state index contributed by atoms with van der Waals surface area (Å²) in [7, 11) is 0. The zero-order valence-electron chi connectivity index (χ0n) is 11.1. The molecule has 0 aromatic heterocycles. The van der Waals surface area contributed by atoms with Crippen LogP contribution < -0.4 is 0 Å². The fraction of sp³-hybridized carbons (Fsp3) is 0.500. The van der Waals surface area contributed by atoms with E-state index < -0.39 is 12.2 Å². The number of morpholine rings is 1. The standard InChI is InChI=1S/C14H19NO5/c16-8-12-6-15(14(17)18)7-13(20-12)10-19-9-11-4-2-1-3-5-11/h1-5,12-13,16H,6-10H2,(H,17,18)/t12-,13+/m1/s1. The number of carboxylic acid groups (broad SMARTS) is 1. The molecule has 1 aliphatic heterocycles. The summed E-state index contributed by atoms with van der Waals surface area (Å²) in [6.45, 7) is 1.02. The Bertz CT molecular complexity index is 425. The van der Waals surface area contributed by atoms with E-state index in [1.165, 1.54) is 4.90 Å². The molecule has 1 heterocycles. The zero-order chi connectivity index (χ0) is 14.4. The molecule has 1 aromatic carbocycles. The van der Waals surface area contributed by atoms with Crippen molar-refractivity contribution in [3.8, 4) is 0 Å². The SMILES string of the molecule is O=C(O)N1C[C@@H](COCc2ccccc2)O[C@@H](CO)C1. The largest absolute Gasteiger partial charge is 0.465 e. The lowest BCUT2D eigenvalue weighted by Crippen LogP contribution is -2.52. The number of amides is 1.